The highest BCUT2D eigenvalue weighted by molar-refractivity contribution is 5.97. The van der Waals surface area contributed by atoms with E-state index in [-0.39, 0.29) is 56.3 Å². The van der Waals surface area contributed by atoms with Gasteiger partial charge in [0.15, 0.2) is 0 Å². The minimum Gasteiger partial charge on any atom is -0.461 e. The van der Waals surface area contributed by atoms with Crippen LogP contribution in [0.5, 0.6) is 0 Å². The summed E-state index contributed by atoms with van der Waals surface area (Å²) in [6, 6.07) is 15.5. The number of aliphatic hydroxyl groups is 3. The van der Waals surface area contributed by atoms with Crippen LogP contribution in [0.2, 0.25) is 0 Å². The Hall–Kier alpha value is -7.63. The zero-order valence-corrected chi connectivity index (χ0v) is 31.3. The number of aliphatic hydroxyl groups excluding tert-OH is 3. The largest absolute Gasteiger partial charge is 0.461 e. The van der Waals surface area contributed by atoms with Gasteiger partial charge in [0.25, 0.3) is 0 Å². The van der Waals surface area contributed by atoms with Gasteiger partial charge in [-0.05, 0) is 71.9 Å². The van der Waals surface area contributed by atoms with Crippen LogP contribution >= 0.6 is 0 Å². The van der Waals surface area contributed by atoms with Crippen LogP contribution in [0.3, 0.4) is 0 Å². The highest BCUT2D eigenvalue weighted by Crippen LogP contribution is 2.17. The Labute approximate surface area is 329 Å². The van der Waals surface area contributed by atoms with Gasteiger partial charge in [0.05, 0.1) is 19.8 Å². The summed E-state index contributed by atoms with van der Waals surface area (Å²) in [6.07, 6.45) is 4.82. The molecule has 0 unspecified atom stereocenters. The predicted molar refractivity (Wildman–Crippen MR) is 204 cm³/mol. The lowest BCUT2D eigenvalue weighted by atomic mass is 10.0. The Balaban J connectivity index is 0.000000436. The van der Waals surface area contributed by atoms with Gasteiger partial charge in [-0.25, -0.2) is 0 Å². The number of carbonyl (C=O) groups excluding carboxylic acids is 6. The average molecular weight is 800 g/mol. The molecule has 21 nitrogen and oxygen atoms in total. The van der Waals surface area contributed by atoms with Gasteiger partial charge in [0.2, 0.25) is 17.7 Å². The van der Waals surface area contributed by atoms with Crippen molar-refractivity contribution in [3.63, 3.8) is 0 Å². The maximum Gasteiger partial charge on any atom is 0.302 e. The van der Waals surface area contributed by atoms with Gasteiger partial charge in [-0.1, -0.05) is 66.8 Å². The molecule has 0 heterocycles. The smallest absolute Gasteiger partial charge is 0.302 e. The van der Waals surface area contributed by atoms with E-state index in [1.54, 1.807) is 42.5 Å². The van der Waals surface area contributed by atoms with E-state index < -0.39 is 35.6 Å². The molecule has 0 aliphatic carbocycles. The molecular weight excluding hydrogens is 762 g/mol. The zero-order chi connectivity index (χ0) is 43.5. The second-order valence-corrected chi connectivity index (χ2v) is 11.1. The van der Waals surface area contributed by atoms with Gasteiger partial charge >= 0.3 is 17.9 Å². The third-order valence-corrected chi connectivity index (χ3v) is 6.82. The van der Waals surface area contributed by atoms with Gasteiger partial charge < -0.3 is 29.5 Å². The number of hydrogen-bond donors (Lipinski definition) is 3. The van der Waals surface area contributed by atoms with Crippen LogP contribution < -0.4 is 0 Å². The second-order valence-electron chi connectivity index (χ2n) is 11.1. The molecule has 0 spiro atoms. The van der Waals surface area contributed by atoms with Crippen LogP contribution in [0, 0.1) is 0 Å². The Bertz CT molecular complexity index is 2170. The molecule has 0 aromatic heterocycles. The van der Waals surface area contributed by atoms with Crippen molar-refractivity contribution in [3.8, 4) is 0 Å². The minimum atomic E-state index is -0.763. The standard InChI is InChI=1S/2C13H13N3O4.C11H11N3O4/c1-9(18)20-8-11(7-17)6-10-2-4-12(5-3-10)13(19)15-16-14;1-9(18)20-8-11-7-10(3-2-6-17)4-5-12(11)13(19)15-16-14;1-7(16)18-6-8-2-3-10(9(4-8)5-15)11(17)13-14-12/h2-6,17H,7-8H2,1H3;2-5,7,17H,6,8H2,1H3;2-4,15H,5-6H2,1H3/b11-6-;3-2+;. The molecule has 302 valence electrons. The first-order chi connectivity index (χ1) is 27.7. The van der Waals surface area contributed by atoms with Gasteiger partial charge in [0.1, 0.15) is 19.8 Å². The average Bonchev–Trinajstić information content (AvgIpc) is 3.20. The molecule has 0 atom stereocenters. The molecule has 0 saturated heterocycles. The van der Waals surface area contributed by atoms with E-state index >= 15 is 0 Å². The number of nitrogens with zero attached hydrogens (tertiary/aromatic N) is 9. The van der Waals surface area contributed by atoms with E-state index in [1.807, 2.05) is 0 Å². The number of esters is 3. The van der Waals surface area contributed by atoms with Crippen molar-refractivity contribution < 1.29 is 58.3 Å². The summed E-state index contributed by atoms with van der Waals surface area (Å²) < 4.78 is 14.4. The molecular formula is C37H37N9O12. The molecule has 3 rings (SSSR count). The van der Waals surface area contributed by atoms with Crippen molar-refractivity contribution in [2.75, 3.05) is 19.8 Å². The van der Waals surface area contributed by atoms with Gasteiger partial charge in [-0.3, -0.25) is 28.8 Å². The summed E-state index contributed by atoms with van der Waals surface area (Å²) in [5.41, 5.74) is 28.5. The van der Waals surface area contributed by atoms with E-state index in [9.17, 15) is 28.8 Å². The van der Waals surface area contributed by atoms with Crippen LogP contribution in [0.15, 0.2) is 87.7 Å². The Kier molecular flexibility index (Phi) is 22.6. The topological polar surface area (TPSA) is 337 Å². The van der Waals surface area contributed by atoms with Crippen molar-refractivity contribution in [1.82, 2.24) is 0 Å². The summed E-state index contributed by atoms with van der Waals surface area (Å²) in [7, 11) is 0. The zero-order valence-electron chi connectivity index (χ0n) is 31.3. The predicted octanol–water partition coefficient (Wildman–Crippen LogP) is 5.97. The van der Waals surface area contributed by atoms with Gasteiger partial charge in [-0.15, -0.1) is 0 Å². The SMILES string of the molecule is CC(=O)OC/C(=C\c1ccc(C(=O)N=[N+]=[N-])cc1)CO.CC(=O)OCc1cc(/C=C/CO)ccc1C(=O)N=[N+]=[N-].CC(=O)OCc1ccc(C(=O)N=[N+]=[N-])c(CO)c1. The molecule has 3 N–H and O–H groups in total. The Morgan fingerprint density at radius 3 is 1.67 bits per heavy atom. The van der Waals surface area contributed by atoms with Crippen LogP contribution in [0.4, 0.5) is 0 Å². The normalized spacial score (nSPS) is 10.1. The van der Waals surface area contributed by atoms with Crippen molar-refractivity contribution in [3.05, 3.63) is 148 Å². The maximum absolute atomic E-state index is 11.6. The molecule has 0 bridgehead atoms. The summed E-state index contributed by atoms with van der Waals surface area (Å²) in [4.78, 5) is 73.7. The molecule has 0 aliphatic rings. The van der Waals surface area contributed by atoms with Crippen LogP contribution in [0.25, 0.3) is 43.5 Å². The number of azide groups is 3. The number of rotatable bonds is 14. The Morgan fingerprint density at radius 1 is 0.638 bits per heavy atom. The van der Waals surface area contributed by atoms with Crippen molar-refractivity contribution in [2.45, 2.75) is 40.6 Å². The second kappa shape index (κ2) is 27.0. The lowest BCUT2D eigenvalue weighted by molar-refractivity contribution is -0.143. The Morgan fingerprint density at radius 2 is 1.16 bits per heavy atom. The van der Waals surface area contributed by atoms with Crippen LogP contribution in [0.1, 0.15) is 79.7 Å². The van der Waals surface area contributed by atoms with Crippen molar-refractivity contribution in [1.29, 1.82) is 0 Å². The first-order valence-corrected chi connectivity index (χ1v) is 16.4. The number of ether oxygens (including phenoxy) is 3. The monoisotopic (exact) mass is 799 g/mol. The first-order valence-electron chi connectivity index (χ1n) is 16.4. The summed E-state index contributed by atoms with van der Waals surface area (Å²) in [5, 5.41) is 36.0. The molecule has 3 amide bonds. The van der Waals surface area contributed by atoms with Crippen molar-refractivity contribution in [2.24, 2.45) is 15.3 Å². The fraction of sp³-hybridized carbons (Fsp3) is 0.243. The molecule has 58 heavy (non-hydrogen) atoms. The highest BCUT2D eigenvalue weighted by atomic mass is 16.5. The van der Waals surface area contributed by atoms with Gasteiger partial charge in [0, 0.05) is 57.8 Å². The van der Waals surface area contributed by atoms with Crippen LogP contribution in [-0.2, 0) is 48.4 Å². The third kappa shape index (κ3) is 18.6. The van der Waals surface area contributed by atoms with E-state index in [2.05, 4.69) is 30.1 Å². The molecule has 0 aliphatic heterocycles. The lowest BCUT2D eigenvalue weighted by Crippen LogP contribution is -2.05. The number of carbonyl (C=O) groups is 6. The number of amides is 3. The fourth-order valence-corrected chi connectivity index (χ4v) is 4.25. The molecule has 21 heteroatoms. The fourth-order valence-electron chi connectivity index (χ4n) is 4.25. The van der Waals surface area contributed by atoms with Gasteiger partial charge in [-0.2, -0.15) is 0 Å². The molecule has 0 radical (unpaired) electrons. The lowest BCUT2D eigenvalue weighted by Gasteiger charge is -2.08. The molecule has 3 aromatic rings. The molecule has 0 fully saturated rings. The summed E-state index contributed by atoms with van der Waals surface area (Å²) >= 11 is 0. The molecule has 3 aromatic carbocycles. The summed E-state index contributed by atoms with van der Waals surface area (Å²) in [6.45, 7) is 3.05. The van der Waals surface area contributed by atoms with E-state index in [0.29, 0.717) is 22.3 Å². The summed E-state index contributed by atoms with van der Waals surface area (Å²) in [5.74, 6) is -3.50. The van der Waals surface area contributed by atoms with E-state index in [1.165, 1.54) is 57.2 Å². The molecule has 0 saturated carbocycles. The van der Waals surface area contributed by atoms with Crippen molar-refractivity contribution >= 4 is 47.8 Å². The van der Waals surface area contributed by atoms with E-state index in [0.717, 1.165) is 11.1 Å². The third-order valence-electron chi connectivity index (χ3n) is 6.82. The van der Waals surface area contributed by atoms with Crippen LogP contribution in [-0.4, -0.2) is 70.8 Å². The van der Waals surface area contributed by atoms with E-state index in [4.69, 9.17) is 46.1 Å². The minimum absolute atomic E-state index is 0.00520. The quantitative estimate of drug-likeness (QED) is 0.0558. The number of benzene rings is 3. The maximum atomic E-state index is 11.6. The number of hydrogen-bond acceptors (Lipinski definition) is 12. The highest BCUT2D eigenvalue weighted by Gasteiger charge is 2.12. The first kappa shape index (κ1) is 48.4.